The lowest BCUT2D eigenvalue weighted by molar-refractivity contribution is -0.228. The molecule has 17 heteroatoms. The number of carboxylic acids is 1. The van der Waals surface area contributed by atoms with E-state index in [0.29, 0.717) is 37.1 Å². The molecule has 3 fully saturated rings. The van der Waals surface area contributed by atoms with Crippen LogP contribution in [0.2, 0.25) is 5.02 Å². The summed E-state index contributed by atoms with van der Waals surface area (Å²) in [7, 11) is 0. The Balaban J connectivity index is 1.29. The van der Waals surface area contributed by atoms with Gasteiger partial charge in [0.25, 0.3) is 12.3 Å². The molecule has 3 saturated heterocycles. The molecule has 0 aliphatic carbocycles. The lowest BCUT2D eigenvalue weighted by atomic mass is 9.90. The third-order valence-electron chi connectivity index (χ3n) is 8.15. The van der Waals surface area contributed by atoms with Crippen LogP contribution in [0, 0.1) is 0 Å². The molecule has 3 N–H and O–H groups in total. The van der Waals surface area contributed by atoms with Gasteiger partial charge in [-0.05, 0) is 19.1 Å². The molecule has 244 valence electrons. The Bertz CT molecular complexity index is 1630. The molecule has 3 aromatic heterocycles. The van der Waals surface area contributed by atoms with Gasteiger partial charge in [0.05, 0.1) is 48.8 Å². The maximum Gasteiger partial charge on any atom is 0.326 e. The predicted molar refractivity (Wildman–Crippen MR) is 158 cm³/mol. The summed E-state index contributed by atoms with van der Waals surface area (Å²) in [4.78, 5) is 43.6. The molecular weight excluding hydrogens is 632 g/mol. The van der Waals surface area contributed by atoms with Gasteiger partial charge < -0.3 is 39.6 Å². The van der Waals surface area contributed by atoms with Gasteiger partial charge in [0.15, 0.2) is 12.4 Å². The summed E-state index contributed by atoms with van der Waals surface area (Å²) in [6.45, 7) is 3.47. The number of amides is 1. The highest BCUT2D eigenvalue weighted by Gasteiger charge is 2.50. The summed E-state index contributed by atoms with van der Waals surface area (Å²) in [6.07, 6.45) is -2.32. The van der Waals surface area contributed by atoms with Crippen LogP contribution in [0.4, 0.5) is 20.3 Å². The number of ether oxygens (including phenoxy) is 4. The fourth-order valence-electron chi connectivity index (χ4n) is 5.75. The Morgan fingerprint density at radius 3 is 2.70 bits per heavy atom. The third-order valence-corrected chi connectivity index (χ3v) is 8.35. The molecule has 0 radical (unpaired) electrons. The number of hydrogen-bond donors (Lipinski definition) is 2. The normalized spacial score (nSPS) is 22.2. The van der Waals surface area contributed by atoms with E-state index in [1.165, 1.54) is 35.4 Å². The first-order valence-corrected chi connectivity index (χ1v) is 14.8. The zero-order valence-electron chi connectivity index (χ0n) is 24.5. The minimum atomic E-state index is -3.06. The molecule has 3 atom stereocenters. The standard InChI is InChI=1S/C29H30ClF2N7O7/c1-15-29(13-43-14-29)45-6-5-38(15)20-7-16(30)10-34-27(20)46-17-8-21(28(41)42)39(11-17)23-9-19(36-26(37-23)25(31)32)18-3-2-4-24(35-18)44-12-22(33)40/h2-4,7,9-10,15,17,21,25H,5-6,8,11-14H2,1H3,(H2,33,40)(H,41,42)/t15-,17-,21-/m0/s1. The van der Waals surface area contributed by atoms with Crippen LogP contribution in [-0.4, -0.2) is 100 Å². The third kappa shape index (κ3) is 6.32. The van der Waals surface area contributed by atoms with Gasteiger partial charge in [-0.3, -0.25) is 4.79 Å². The van der Waals surface area contributed by atoms with Crippen molar-refractivity contribution in [3.05, 3.63) is 47.4 Å². The average molecular weight is 662 g/mol. The van der Waals surface area contributed by atoms with E-state index in [-0.39, 0.29) is 48.0 Å². The van der Waals surface area contributed by atoms with Crippen molar-refractivity contribution in [2.45, 2.75) is 43.6 Å². The maximum atomic E-state index is 14.0. The first-order valence-electron chi connectivity index (χ1n) is 14.4. The van der Waals surface area contributed by atoms with Gasteiger partial charge in [-0.15, -0.1) is 0 Å². The number of aliphatic carboxylic acids is 1. The number of anilines is 2. The molecule has 1 spiro atoms. The average Bonchev–Trinajstić information content (AvgIpc) is 3.44. The van der Waals surface area contributed by atoms with Crippen molar-refractivity contribution < 1.29 is 42.4 Å². The number of primary amides is 1. The highest BCUT2D eigenvalue weighted by molar-refractivity contribution is 6.30. The van der Waals surface area contributed by atoms with E-state index in [9.17, 15) is 23.5 Å². The number of rotatable bonds is 10. The largest absolute Gasteiger partial charge is 0.480 e. The van der Waals surface area contributed by atoms with Crippen molar-refractivity contribution in [1.29, 1.82) is 0 Å². The molecule has 14 nitrogen and oxygen atoms in total. The predicted octanol–water partition coefficient (Wildman–Crippen LogP) is 2.49. The molecule has 0 saturated carbocycles. The van der Waals surface area contributed by atoms with Crippen LogP contribution in [0.25, 0.3) is 11.4 Å². The Morgan fingerprint density at radius 1 is 1.20 bits per heavy atom. The number of alkyl halides is 2. The van der Waals surface area contributed by atoms with E-state index < -0.39 is 48.5 Å². The number of nitrogens with two attached hydrogens (primary N) is 1. The maximum absolute atomic E-state index is 14.0. The highest BCUT2D eigenvalue weighted by atomic mass is 35.5. The molecule has 0 bridgehead atoms. The van der Waals surface area contributed by atoms with E-state index in [4.69, 9.17) is 36.3 Å². The lowest BCUT2D eigenvalue weighted by Gasteiger charge is -2.53. The number of aromatic nitrogens is 4. The zero-order valence-corrected chi connectivity index (χ0v) is 25.3. The molecular formula is C29H30ClF2N7O7. The zero-order chi connectivity index (χ0) is 32.6. The summed E-state index contributed by atoms with van der Waals surface area (Å²) in [5.74, 6) is -2.52. The molecule has 3 aromatic rings. The Kier molecular flexibility index (Phi) is 8.76. The lowest BCUT2D eigenvalue weighted by Crippen LogP contribution is -2.68. The van der Waals surface area contributed by atoms with Gasteiger partial charge >= 0.3 is 5.97 Å². The van der Waals surface area contributed by atoms with Crippen molar-refractivity contribution in [2.24, 2.45) is 5.73 Å². The fraction of sp³-hybridized carbons (Fsp3) is 0.448. The van der Waals surface area contributed by atoms with E-state index in [1.807, 2.05) is 6.92 Å². The van der Waals surface area contributed by atoms with E-state index in [1.54, 1.807) is 6.07 Å². The van der Waals surface area contributed by atoms with Crippen LogP contribution < -0.4 is 25.0 Å². The fourth-order valence-corrected chi connectivity index (χ4v) is 5.91. The van der Waals surface area contributed by atoms with Gasteiger partial charge in [-0.25, -0.2) is 33.5 Å². The molecule has 0 unspecified atom stereocenters. The monoisotopic (exact) mass is 661 g/mol. The second kappa shape index (κ2) is 12.8. The molecule has 1 amide bonds. The van der Waals surface area contributed by atoms with Gasteiger partial charge in [0.1, 0.15) is 29.3 Å². The molecule has 6 heterocycles. The molecule has 3 aliphatic heterocycles. The summed E-state index contributed by atoms with van der Waals surface area (Å²) in [5.41, 5.74) is 5.41. The van der Waals surface area contributed by atoms with Crippen molar-refractivity contribution >= 4 is 35.0 Å². The summed E-state index contributed by atoms with van der Waals surface area (Å²) in [5, 5.41) is 10.5. The van der Waals surface area contributed by atoms with Gasteiger partial charge in [0.2, 0.25) is 11.8 Å². The second-order valence-electron chi connectivity index (χ2n) is 11.1. The Labute approximate surface area is 266 Å². The number of nitrogens with zero attached hydrogens (tertiary/aromatic N) is 6. The second-order valence-corrected chi connectivity index (χ2v) is 11.6. The first kappa shape index (κ1) is 31.6. The van der Waals surface area contributed by atoms with Gasteiger partial charge in [-0.1, -0.05) is 17.7 Å². The number of halogens is 3. The van der Waals surface area contributed by atoms with Gasteiger partial charge in [0, 0.05) is 31.3 Å². The van der Waals surface area contributed by atoms with Crippen molar-refractivity contribution in [3.63, 3.8) is 0 Å². The van der Waals surface area contributed by atoms with Gasteiger partial charge in [-0.2, -0.15) is 0 Å². The van der Waals surface area contributed by atoms with E-state index in [2.05, 4.69) is 24.8 Å². The Morgan fingerprint density at radius 2 is 2.00 bits per heavy atom. The van der Waals surface area contributed by atoms with Crippen LogP contribution in [-0.2, 0) is 19.1 Å². The highest BCUT2D eigenvalue weighted by Crippen LogP contribution is 2.40. The van der Waals surface area contributed by atoms with Crippen LogP contribution in [0.1, 0.15) is 25.6 Å². The number of pyridine rings is 2. The van der Waals surface area contributed by atoms with Crippen LogP contribution in [0.5, 0.6) is 11.8 Å². The SMILES string of the molecule is C[C@@H]1N(c2cc(Cl)cnc2O[C@H]2C[C@@H](C(=O)O)N(c3cc(-c4cccc(OCC(N)=O)n4)nc(C(F)F)n3)C2)CCOC12COC2. The summed E-state index contributed by atoms with van der Waals surface area (Å²) < 4.78 is 51.0. The van der Waals surface area contributed by atoms with Crippen LogP contribution in [0.3, 0.4) is 0 Å². The smallest absolute Gasteiger partial charge is 0.326 e. The van der Waals surface area contributed by atoms with Crippen molar-refractivity contribution in [3.8, 4) is 23.1 Å². The topological polar surface area (TPSA) is 175 Å². The number of carbonyl (C=O) groups excluding carboxylic acids is 1. The van der Waals surface area contributed by atoms with E-state index in [0.717, 1.165) is 0 Å². The van der Waals surface area contributed by atoms with Crippen molar-refractivity contribution in [2.75, 3.05) is 49.3 Å². The van der Waals surface area contributed by atoms with Crippen LogP contribution in [0.15, 0.2) is 36.5 Å². The molecule has 0 aromatic carbocycles. The number of hydrogen-bond acceptors (Lipinski definition) is 12. The van der Waals surface area contributed by atoms with Crippen molar-refractivity contribution in [1.82, 2.24) is 19.9 Å². The van der Waals surface area contributed by atoms with E-state index >= 15 is 0 Å². The minimum absolute atomic E-state index is 0.00445. The summed E-state index contributed by atoms with van der Waals surface area (Å²) in [6, 6.07) is 6.35. The molecule has 6 rings (SSSR count). The number of carboxylic acid groups (broad SMARTS) is 1. The quantitative estimate of drug-likeness (QED) is 0.324. The molecule has 46 heavy (non-hydrogen) atoms. The molecule has 3 aliphatic rings. The summed E-state index contributed by atoms with van der Waals surface area (Å²) >= 11 is 6.34. The minimum Gasteiger partial charge on any atom is -0.480 e. The number of carbonyl (C=O) groups is 2. The van der Waals surface area contributed by atoms with Crippen LogP contribution >= 0.6 is 11.6 Å². The Hall–Kier alpha value is -4.41. The number of morpholine rings is 1. The first-order chi connectivity index (χ1) is 22.0.